The van der Waals surface area contributed by atoms with Crippen molar-refractivity contribution >= 4 is 7.82 Å². The number of nitrogens with one attached hydrogen (secondary N) is 1. The molecule has 0 aliphatic rings. The van der Waals surface area contributed by atoms with Gasteiger partial charge in [-0.25, -0.2) is 4.89 Å². The number of hydroxylamine groups is 2. The van der Waals surface area contributed by atoms with Gasteiger partial charge in [-0.1, -0.05) is 0 Å². The van der Waals surface area contributed by atoms with Crippen LogP contribution in [0.25, 0.3) is 0 Å². The lowest BCUT2D eigenvalue weighted by Gasteiger charge is -2.29. The molecule has 108 valence electrons. The Labute approximate surface area is 114 Å². The second-order valence-corrected chi connectivity index (χ2v) is 5.28. The van der Waals surface area contributed by atoms with Crippen LogP contribution in [-0.4, -0.2) is 18.7 Å². The van der Waals surface area contributed by atoms with Gasteiger partial charge in [0, 0.05) is 0 Å². The minimum Gasteiger partial charge on any atom is -1.00 e. The second kappa shape index (κ2) is 9.70. The van der Waals surface area contributed by atoms with Crippen LogP contribution in [0, 0.1) is 11.3 Å². The third kappa shape index (κ3) is 8.84. The summed E-state index contributed by atoms with van der Waals surface area (Å²) in [7, 11) is -4.52. The van der Waals surface area contributed by atoms with Gasteiger partial charge in [0.25, 0.3) is 0 Å². The van der Waals surface area contributed by atoms with E-state index >= 15 is 0 Å². The lowest BCUT2D eigenvalue weighted by molar-refractivity contribution is -1.10. The van der Waals surface area contributed by atoms with Crippen LogP contribution in [0.3, 0.4) is 0 Å². The van der Waals surface area contributed by atoms with E-state index < -0.39 is 7.82 Å². The molecule has 0 fully saturated rings. The maximum absolute atomic E-state index is 11.4. The van der Waals surface area contributed by atoms with Crippen molar-refractivity contribution in [3.05, 3.63) is 0 Å². The number of nitrogens with zero attached hydrogens (tertiary/aromatic N) is 1. The Kier molecular flexibility index (Phi) is 10.9. The van der Waals surface area contributed by atoms with Gasteiger partial charge >= 0.3 is 7.82 Å². The van der Waals surface area contributed by atoms with Gasteiger partial charge in [0.1, 0.15) is 12.1 Å². The first-order chi connectivity index (χ1) is 7.80. The minimum absolute atomic E-state index is 0. The van der Waals surface area contributed by atoms with E-state index in [2.05, 4.69) is 9.56 Å². The summed E-state index contributed by atoms with van der Waals surface area (Å²) in [5.74, 6) is 0. The molecule has 9 heteroatoms. The minimum atomic E-state index is -4.52. The van der Waals surface area contributed by atoms with Gasteiger partial charge in [-0.3, -0.25) is 4.57 Å². The molecule has 0 aliphatic heterocycles. The summed E-state index contributed by atoms with van der Waals surface area (Å²) in [6, 6.07) is 1.71. The summed E-state index contributed by atoms with van der Waals surface area (Å²) in [5, 5.41) is 8.63. The number of phosphoric acid groups is 1. The van der Waals surface area contributed by atoms with E-state index in [0.29, 0.717) is 5.06 Å². The average molecular weight is 302 g/mol. The number of nitriles is 1. The largest absolute Gasteiger partial charge is 1.00 e. The van der Waals surface area contributed by atoms with E-state index in [1.165, 1.54) is 0 Å². The van der Waals surface area contributed by atoms with Crippen molar-refractivity contribution in [2.75, 3.05) is 6.61 Å². The fraction of sp³-hybridized carbons (Fsp3) is 0.889. The molecule has 0 amide bonds. The molecule has 7 nitrogen and oxygen atoms in total. The van der Waals surface area contributed by atoms with Gasteiger partial charge in [-0.2, -0.15) is 15.0 Å². The summed E-state index contributed by atoms with van der Waals surface area (Å²) in [6.45, 7) is 7.18. The Hall–Kier alpha value is -0.190. The van der Waals surface area contributed by atoms with E-state index in [-0.39, 0.29) is 37.5 Å². The normalized spacial score (nSPS) is 14.4. The summed E-state index contributed by atoms with van der Waals surface area (Å²) in [6.07, 6.45) is 0.0466. The molecule has 0 saturated heterocycles. The zero-order chi connectivity index (χ0) is 13.5. The fourth-order valence-corrected chi connectivity index (χ4v) is 2.12. The number of halogens is 1. The van der Waals surface area contributed by atoms with Crippen LogP contribution in [0.4, 0.5) is 0 Å². The molecule has 0 aliphatic carbocycles. The van der Waals surface area contributed by atoms with Crippen LogP contribution in [-0.2, 0) is 18.8 Å². The predicted molar refractivity (Wildman–Crippen MR) is 57.2 cm³/mol. The molecule has 0 radical (unpaired) electrons. The quantitative estimate of drug-likeness (QED) is 0.221. The Morgan fingerprint density at radius 1 is 1.33 bits per heavy atom. The van der Waals surface area contributed by atoms with Gasteiger partial charge in [0.2, 0.25) is 0 Å². The van der Waals surface area contributed by atoms with E-state index in [1.54, 1.807) is 6.07 Å². The Morgan fingerprint density at radius 3 is 2.22 bits per heavy atom. The van der Waals surface area contributed by atoms with E-state index in [4.69, 9.17) is 9.89 Å². The molecule has 0 spiro atoms. The van der Waals surface area contributed by atoms with Crippen molar-refractivity contribution in [3.8, 4) is 6.07 Å². The highest BCUT2D eigenvalue weighted by Crippen LogP contribution is 2.35. The number of hydrogen-bond acceptors (Lipinski definition) is 6. The molecule has 0 bridgehead atoms. The fourth-order valence-electron chi connectivity index (χ4n) is 1.21. The zero-order valence-electron chi connectivity index (χ0n) is 10.9. The van der Waals surface area contributed by atoms with Crippen LogP contribution in [0.2, 0.25) is 0 Å². The van der Waals surface area contributed by atoms with E-state index in [0.717, 1.165) is 0 Å². The Bertz CT molecular complexity index is 300. The third-order valence-corrected chi connectivity index (χ3v) is 2.52. The van der Waals surface area contributed by atoms with Gasteiger partial charge in [-0.05, 0) is 27.7 Å². The molecule has 18 heavy (non-hydrogen) atoms. The second-order valence-electron chi connectivity index (χ2n) is 4.05. The van der Waals surface area contributed by atoms with Crippen LogP contribution >= 0.6 is 7.82 Å². The smallest absolute Gasteiger partial charge is 0.352 e. The lowest BCUT2D eigenvalue weighted by Crippen LogP contribution is -3.16. The van der Waals surface area contributed by atoms with Crippen LogP contribution < -0.4 is 22.4 Å². The molecule has 0 aromatic carbocycles. The maximum Gasteiger partial charge on any atom is 0.352 e. The average Bonchev–Trinajstić information content (AvgIpc) is 2.20. The van der Waals surface area contributed by atoms with Gasteiger partial charge in [-0.15, -0.1) is 4.62 Å². The number of hydrogen-bond donors (Lipinski definition) is 1. The van der Waals surface area contributed by atoms with Crippen molar-refractivity contribution in [1.29, 1.82) is 5.26 Å². The molecule has 0 aromatic heterocycles. The highest BCUT2D eigenvalue weighted by Gasteiger charge is 2.26. The van der Waals surface area contributed by atoms with Crippen molar-refractivity contribution in [3.63, 3.8) is 0 Å². The Morgan fingerprint density at radius 2 is 1.83 bits per heavy atom. The molecular weight excluding hydrogens is 283 g/mol. The number of quaternary nitrogens is 1. The zero-order valence-corrected chi connectivity index (χ0v) is 12.5. The molecule has 0 rings (SSSR count). The van der Waals surface area contributed by atoms with E-state index in [9.17, 15) is 9.46 Å². The SMILES string of the molecule is CC(C)[NH+](OP(=O)([O-])OOCCC#N)C(C)C.[Cl-]. The first kappa shape index (κ1) is 20.1. The van der Waals surface area contributed by atoms with Gasteiger partial charge < -0.3 is 17.3 Å². The summed E-state index contributed by atoms with van der Waals surface area (Å²) < 4.78 is 20.4. The van der Waals surface area contributed by atoms with Gasteiger partial charge in [0.05, 0.1) is 19.1 Å². The summed E-state index contributed by atoms with van der Waals surface area (Å²) >= 11 is 0. The topological polar surface area (TPSA) is 96.1 Å². The van der Waals surface area contributed by atoms with Crippen molar-refractivity contribution in [1.82, 2.24) is 0 Å². The van der Waals surface area contributed by atoms with Crippen molar-refractivity contribution in [2.24, 2.45) is 0 Å². The monoisotopic (exact) mass is 301 g/mol. The van der Waals surface area contributed by atoms with Crippen LogP contribution in [0.5, 0.6) is 0 Å². The van der Waals surface area contributed by atoms with E-state index in [1.807, 2.05) is 27.7 Å². The standard InChI is InChI=1S/C9H19N2O5P.ClH/c1-8(2)11(9(3)4)15-17(12,13)16-14-7-5-6-10;/h8-9H,5,7H2,1-4H3,(H,12,13);1H/p-1. The lowest BCUT2D eigenvalue weighted by atomic mass is 10.3. The van der Waals surface area contributed by atoms with Crippen LogP contribution in [0.15, 0.2) is 0 Å². The maximum atomic E-state index is 11.4. The predicted octanol–water partition coefficient (Wildman–Crippen LogP) is -3.05. The summed E-state index contributed by atoms with van der Waals surface area (Å²) in [4.78, 5) is 15.7. The molecule has 1 atom stereocenters. The third-order valence-electron chi connectivity index (χ3n) is 1.80. The van der Waals surface area contributed by atoms with Crippen LogP contribution in [0.1, 0.15) is 34.1 Å². The summed E-state index contributed by atoms with van der Waals surface area (Å²) in [5.41, 5.74) is 0. The Balaban J connectivity index is 0. The van der Waals surface area contributed by atoms with Gasteiger partial charge in [0.15, 0.2) is 0 Å². The van der Waals surface area contributed by atoms with Crippen molar-refractivity contribution < 1.29 is 41.1 Å². The first-order valence-corrected chi connectivity index (χ1v) is 6.81. The number of rotatable bonds is 8. The highest BCUT2D eigenvalue weighted by atomic mass is 35.5. The molecule has 0 saturated carbocycles. The van der Waals surface area contributed by atoms with Crippen molar-refractivity contribution in [2.45, 2.75) is 46.2 Å². The molecule has 0 aromatic rings. The molecule has 1 unspecified atom stereocenters. The molecular formula is C9H19ClN2O5P-. The highest BCUT2D eigenvalue weighted by molar-refractivity contribution is 7.45. The first-order valence-electron chi connectivity index (χ1n) is 5.35. The molecule has 0 heterocycles. The molecule has 1 N–H and O–H groups in total.